The van der Waals surface area contributed by atoms with Gasteiger partial charge in [-0.15, -0.1) is 0 Å². The smallest absolute Gasteiger partial charge is 0.181 e. The van der Waals surface area contributed by atoms with Crippen LogP contribution in [0.25, 0.3) is 11.3 Å². The van der Waals surface area contributed by atoms with E-state index in [0.717, 1.165) is 29.2 Å². The van der Waals surface area contributed by atoms with Crippen LogP contribution in [0.4, 0.5) is 11.4 Å². The quantitative estimate of drug-likeness (QED) is 0.708. The lowest BCUT2D eigenvalue weighted by atomic mass is 10.1. The van der Waals surface area contributed by atoms with Gasteiger partial charge in [0.15, 0.2) is 12.2 Å². The molecular formula is C16H15N3O. The summed E-state index contributed by atoms with van der Waals surface area (Å²) < 4.78 is 5.26. The normalized spacial score (nSPS) is 10.4. The molecule has 0 saturated carbocycles. The Kier molecular flexibility index (Phi) is 3.37. The van der Waals surface area contributed by atoms with Crippen LogP contribution in [-0.2, 0) is 6.54 Å². The van der Waals surface area contributed by atoms with Crippen LogP contribution >= 0.6 is 0 Å². The van der Waals surface area contributed by atoms with E-state index in [4.69, 9.17) is 10.2 Å². The van der Waals surface area contributed by atoms with Crippen molar-refractivity contribution in [2.24, 2.45) is 0 Å². The minimum atomic E-state index is 0.766. The molecule has 0 fully saturated rings. The number of hydrogen-bond donors (Lipinski definition) is 2. The van der Waals surface area contributed by atoms with Crippen molar-refractivity contribution in [2.45, 2.75) is 6.54 Å². The van der Waals surface area contributed by atoms with Gasteiger partial charge >= 0.3 is 0 Å². The molecule has 0 unspecified atom stereocenters. The van der Waals surface area contributed by atoms with E-state index in [1.807, 2.05) is 48.5 Å². The molecular weight excluding hydrogens is 250 g/mol. The topological polar surface area (TPSA) is 64.1 Å². The largest absolute Gasteiger partial charge is 0.444 e. The maximum absolute atomic E-state index is 5.66. The lowest BCUT2D eigenvalue weighted by Gasteiger charge is -2.07. The number of nitrogens with two attached hydrogens (primary N) is 1. The van der Waals surface area contributed by atoms with Gasteiger partial charge in [-0.25, -0.2) is 4.98 Å². The number of nitrogens with one attached hydrogen (secondary N) is 1. The highest BCUT2D eigenvalue weighted by Crippen LogP contribution is 2.21. The van der Waals surface area contributed by atoms with Crippen molar-refractivity contribution in [1.82, 2.24) is 4.98 Å². The lowest BCUT2D eigenvalue weighted by molar-refractivity contribution is 0.572. The average molecular weight is 265 g/mol. The number of aromatic nitrogens is 1. The van der Waals surface area contributed by atoms with Gasteiger partial charge < -0.3 is 15.5 Å². The second kappa shape index (κ2) is 5.48. The number of benzene rings is 2. The molecule has 0 amide bonds. The summed E-state index contributed by atoms with van der Waals surface area (Å²) in [5.41, 5.74) is 9.71. The van der Waals surface area contributed by atoms with Crippen LogP contribution in [0.5, 0.6) is 0 Å². The number of hydrogen-bond acceptors (Lipinski definition) is 4. The molecule has 4 heteroatoms. The van der Waals surface area contributed by atoms with E-state index in [9.17, 15) is 0 Å². The van der Waals surface area contributed by atoms with Gasteiger partial charge in [0, 0.05) is 23.5 Å². The van der Waals surface area contributed by atoms with E-state index < -0.39 is 0 Å². The summed E-state index contributed by atoms with van der Waals surface area (Å²) in [6, 6.07) is 15.9. The first-order valence-electron chi connectivity index (χ1n) is 6.38. The summed E-state index contributed by atoms with van der Waals surface area (Å²) in [6.07, 6.45) is 3.14. The predicted molar refractivity (Wildman–Crippen MR) is 80.1 cm³/mol. The van der Waals surface area contributed by atoms with Crippen LogP contribution in [0.15, 0.2) is 65.5 Å². The van der Waals surface area contributed by atoms with Gasteiger partial charge in [0.1, 0.15) is 0 Å². The molecule has 0 radical (unpaired) electrons. The van der Waals surface area contributed by atoms with E-state index in [0.29, 0.717) is 0 Å². The summed E-state index contributed by atoms with van der Waals surface area (Å²) in [6.45, 7) is 0.766. The summed E-state index contributed by atoms with van der Waals surface area (Å²) >= 11 is 0. The molecule has 3 N–H and O–H groups in total. The first-order chi connectivity index (χ1) is 9.81. The number of oxazole rings is 1. The second-order valence-corrected chi connectivity index (χ2v) is 4.54. The second-order valence-electron chi connectivity index (χ2n) is 4.54. The maximum atomic E-state index is 5.66. The minimum Gasteiger partial charge on any atom is -0.444 e. The molecule has 1 heterocycles. The van der Waals surface area contributed by atoms with Crippen molar-refractivity contribution >= 4 is 11.4 Å². The molecule has 0 aliphatic carbocycles. The van der Waals surface area contributed by atoms with Crippen molar-refractivity contribution < 1.29 is 4.42 Å². The molecule has 0 atom stereocenters. The van der Waals surface area contributed by atoms with Crippen molar-refractivity contribution in [3.05, 3.63) is 66.7 Å². The fourth-order valence-electron chi connectivity index (χ4n) is 1.95. The van der Waals surface area contributed by atoms with Gasteiger partial charge in [-0.3, -0.25) is 0 Å². The Morgan fingerprint density at radius 1 is 1.00 bits per heavy atom. The van der Waals surface area contributed by atoms with Crippen LogP contribution in [0.3, 0.4) is 0 Å². The standard InChI is InChI=1S/C16H15N3O/c17-14-5-1-12(2-6-14)9-19-15-7-3-13(4-8-15)16-10-18-11-20-16/h1-8,10-11,19H,9,17H2. The van der Waals surface area contributed by atoms with E-state index in [2.05, 4.69) is 10.3 Å². The third kappa shape index (κ3) is 2.80. The molecule has 3 rings (SSSR count). The predicted octanol–water partition coefficient (Wildman–Crippen LogP) is 3.54. The Morgan fingerprint density at radius 3 is 2.40 bits per heavy atom. The molecule has 0 saturated heterocycles. The summed E-state index contributed by atoms with van der Waals surface area (Å²) in [4.78, 5) is 3.91. The first kappa shape index (κ1) is 12.3. The van der Waals surface area contributed by atoms with Gasteiger partial charge in [-0.1, -0.05) is 12.1 Å². The number of rotatable bonds is 4. The molecule has 0 bridgehead atoms. The highest BCUT2D eigenvalue weighted by atomic mass is 16.3. The lowest BCUT2D eigenvalue weighted by Crippen LogP contribution is -1.99. The Bertz CT molecular complexity index is 658. The molecule has 0 spiro atoms. The number of anilines is 2. The Labute approximate surface area is 117 Å². The third-order valence-corrected chi connectivity index (χ3v) is 3.08. The van der Waals surface area contributed by atoms with Crippen molar-refractivity contribution in [1.29, 1.82) is 0 Å². The number of nitrogen functional groups attached to an aromatic ring is 1. The summed E-state index contributed by atoms with van der Waals surface area (Å²) in [5.74, 6) is 0.773. The van der Waals surface area contributed by atoms with Crippen LogP contribution in [0, 0.1) is 0 Å². The molecule has 3 aromatic rings. The fourth-order valence-corrected chi connectivity index (χ4v) is 1.95. The molecule has 4 nitrogen and oxygen atoms in total. The highest BCUT2D eigenvalue weighted by Gasteiger charge is 2.01. The van der Waals surface area contributed by atoms with Crippen LogP contribution < -0.4 is 11.1 Å². The molecule has 100 valence electrons. The fraction of sp³-hybridized carbons (Fsp3) is 0.0625. The molecule has 0 aliphatic heterocycles. The van der Waals surface area contributed by atoms with E-state index in [1.54, 1.807) is 6.20 Å². The monoisotopic (exact) mass is 265 g/mol. The van der Waals surface area contributed by atoms with Crippen LogP contribution in [-0.4, -0.2) is 4.98 Å². The van der Waals surface area contributed by atoms with Crippen molar-refractivity contribution in [3.8, 4) is 11.3 Å². The van der Waals surface area contributed by atoms with E-state index >= 15 is 0 Å². The molecule has 1 aromatic heterocycles. The molecule has 2 aromatic carbocycles. The average Bonchev–Trinajstić information content (AvgIpc) is 3.01. The molecule has 0 aliphatic rings. The summed E-state index contributed by atoms with van der Waals surface area (Å²) in [5, 5.41) is 3.37. The third-order valence-electron chi connectivity index (χ3n) is 3.08. The Morgan fingerprint density at radius 2 is 1.75 bits per heavy atom. The van der Waals surface area contributed by atoms with Gasteiger partial charge in [0.05, 0.1) is 6.20 Å². The summed E-state index contributed by atoms with van der Waals surface area (Å²) in [7, 11) is 0. The van der Waals surface area contributed by atoms with Gasteiger partial charge in [-0.2, -0.15) is 0 Å². The van der Waals surface area contributed by atoms with Gasteiger partial charge in [0.2, 0.25) is 0 Å². The van der Waals surface area contributed by atoms with E-state index in [-0.39, 0.29) is 0 Å². The molecule has 20 heavy (non-hydrogen) atoms. The minimum absolute atomic E-state index is 0.766. The van der Waals surface area contributed by atoms with Crippen LogP contribution in [0.1, 0.15) is 5.56 Å². The highest BCUT2D eigenvalue weighted by molar-refractivity contribution is 5.60. The Hall–Kier alpha value is -2.75. The van der Waals surface area contributed by atoms with E-state index in [1.165, 1.54) is 12.0 Å². The van der Waals surface area contributed by atoms with Crippen molar-refractivity contribution in [3.63, 3.8) is 0 Å². The van der Waals surface area contributed by atoms with Crippen LogP contribution in [0.2, 0.25) is 0 Å². The number of nitrogens with zero attached hydrogens (tertiary/aromatic N) is 1. The van der Waals surface area contributed by atoms with Gasteiger partial charge in [-0.05, 0) is 42.0 Å². The van der Waals surface area contributed by atoms with Crippen molar-refractivity contribution in [2.75, 3.05) is 11.1 Å². The SMILES string of the molecule is Nc1ccc(CNc2ccc(-c3cnco3)cc2)cc1. The Balaban J connectivity index is 1.65. The zero-order valence-corrected chi connectivity index (χ0v) is 10.9. The zero-order chi connectivity index (χ0) is 13.8. The maximum Gasteiger partial charge on any atom is 0.181 e. The van der Waals surface area contributed by atoms with Gasteiger partial charge in [0.25, 0.3) is 0 Å². The first-order valence-corrected chi connectivity index (χ1v) is 6.38. The zero-order valence-electron chi connectivity index (χ0n) is 10.9.